The molecule has 2 heterocycles. The number of pyridine rings is 1. The van der Waals surface area contributed by atoms with E-state index in [0.717, 1.165) is 16.3 Å². The lowest BCUT2D eigenvalue weighted by molar-refractivity contribution is 0.211. The Bertz CT molecular complexity index is 665. The summed E-state index contributed by atoms with van der Waals surface area (Å²) in [5.74, 6) is 0.385. The first-order chi connectivity index (χ1) is 8.86. The first-order valence-electron chi connectivity index (χ1n) is 5.64. The Morgan fingerprint density at radius 2 is 1.72 bits per heavy atom. The summed E-state index contributed by atoms with van der Waals surface area (Å²) in [6, 6.07) is 9.52. The third-order valence-corrected chi connectivity index (χ3v) is 2.82. The van der Waals surface area contributed by atoms with Crippen molar-refractivity contribution >= 4 is 10.8 Å². The van der Waals surface area contributed by atoms with Gasteiger partial charge in [-0.3, -0.25) is 4.98 Å². The Morgan fingerprint density at radius 3 is 2.56 bits per heavy atom. The van der Waals surface area contributed by atoms with E-state index >= 15 is 0 Å². The highest BCUT2D eigenvalue weighted by molar-refractivity contribution is 5.85. The SMILES string of the molecule is OC(c1ncccn1)c1cncc2ccccc12. The first kappa shape index (κ1) is 10.8. The summed E-state index contributed by atoms with van der Waals surface area (Å²) in [4.78, 5) is 12.3. The number of hydrogen-bond donors (Lipinski definition) is 1. The zero-order valence-electron chi connectivity index (χ0n) is 9.56. The van der Waals surface area contributed by atoms with Gasteiger partial charge in [0.15, 0.2) is 5.82 Å². The Morgan fingerprint density at radius 1 is 0.944 bits per heavy atom. The molecule has 0 saturated heterocycles. The summed E-state index contributed by atoms with van der Waals surface area (Å²) in [5, 5.41) is 12.3. The fourth-order valence-corrected chi connectivity index (χ4v) is 1.95. The van der Waals surface area contributed by atoms with Crippen LogP contribution in [0.15, 0.2) is 55.1 Å². The summed E-state index contributed by atoms with van der Waals surface area (Å²) in [5.41, 5.74) is 0.722. The second-order valence-electron chi connectivity index (χ2n) is 3.96. The minimum Gasteiger partial charge on any atom is -0.380 e. The number of aliphatic hydroxyl groups is 1. The average Bonchev–Trinajstić information content (AvgIpc) is 2.47. The Labute approximate surface area is 104 Å². The van der Waals surface area contributed by atoms with Crippen molar-refractivity contribution in [1.29, 1.82) is 0 Å². The third kappa shape index (κ3) is 1.83. The highest BCUT2D eigenvalue weighted by Gasteiger charge is 2.15. The lowest BCUT2D eigenvalue weighted by Gasteiger charge is -2.11. The zero-order chi connectivity index (χ0) is 12.4. The van der Waals surface area contributed by atoms with Crippen molar-refractivity contribution in [1.82, 2.24) is 15.0 Å². The number of rotatable bonds is 2. The molecule has 0 radical (unpaired) electrons. The van der Waals surface area contributed by atoms with E-state index < -0.39 is 6.10 Å². The fourth-order valence-electron chi connectivity index (χ4n) is 1.95. The maximum atomic E-state index is 10.3. The van der Waals surface area contributed by atoms with E-state index in [1.165, 1.54) is 0 Å². The molecule has 0 saturated carbocycles. The zero-order valence-corrected chi connectivity index (χ0v) is 9.56. The molecule has 2 aromatic heterocycles. The van der Waals surface area contributed by atoms with E-state index in [4.69, 9.17) is 0 Å². The van der Waals surface area contributed by atoms with Crippen LogP contribution >= 0.6 is 0 Å². The lowest BCUT2D eigenvalue weighted by Crippen LogP contribution is -2.05. The number of hydrogen-bond acceptors (Lipinski definition) is 4. The molecule has 1 aromatic carbocycles. The molecular weight excluding hydrogens is 226 g/mol. The normalized spacial score (nSPS) is 12.5. The third-order valence-electron chi connectivity index (χ3n) is 2.82. The molecule has 88 valence electrons. The van der Waals surface area contributed by atoms with Crippen LogP contribution in [-0.2, 0) is 0 Å². The van der Waals surface area contributed by atoms with Crippen LogP contribution in [0.5, 0.6) is 0 Å². The molecule has 0 bridgehead atoms. The molecule has 3 rings (SSSR count). The van der Waals surface area contributed by atoms with Gasteiger partial charge in [-0.05, 0) is 11.5 Å². The van der Waals surface area contributed by atoms with E-state index in [9.17, 15) is 5.11 Å². The summed E-state index contributed by atoms with van der Waals surface area (Å²) in [7, 11) is 0. The number of fused-ring (bicyclic) bond motifs is 1. The second kappa shape index (κ2) is 4.50. The van der Waals surface area contributed by atoms with Gasteiger partial charge in [0, 0.05) is 35.7 Å². The molecular formula is C14H11N3O. The van der Waals surface area contributed by atoms with Crippen molar-refractivity contribution in [3.8, 4) is 0 Å². The quantitative estimate of drug-likeness (QED) is 0.741. The van der Waals surface area contributed by atoms with Gasteiger partial charge in [-0.2, -0.15) is 0 Å². The van der Waals surface area contributed by atoms with Crippen molar-refractivity contribution in [2.24, 2.45) is 0 Å². The van der Waals surface area contributed by atoms with Crippen LogP contribution < -0.4 is 0 Å². The molecule has 0 spiro atoms. The Balaban J connectivity index is 2.15. The van der Waals surface area contributed by atoms with E-state index in [1.54, 1.807) is 30.9 Å². The summed E-state index contributed by atoms with van der Waals surface area (Å²) < 4.78 is 0. The molecule has 0 aliphatic carbocycles. The lowest BCUT2D eigenvalue weighted by atomic mass is 10.0. The minimum atomic E-state index is -0.857. The van der Waals surface area contributed by atoms with Crippen LogP contribution in [0, 0.1) is 0 Å². The molecule has 18 heavy (non-hydrogen) atoms. The first-order valence-corrected chi connectivity index (χ1v) is 5.64. The molecule has 4 heteroatoms. The summed E-state index contributed by atoms with van der Waals surface area (Å²) >= 11 is 0. The van der Waals surface area contributed by atoms with E-state index in [2.05, 4.69) is 15.0 Å². The average molecular weight is 237 g/mol. The van der Waals surface area contributed by atoms with Gasteiger partial charge in [-0.1, -0.05) is 24.3 Å². The fraction of sp³-hybridized carbons (Fsp3) is 0.0714. The van der Waals surface area contributed by atoms with Crippen LogP contribution in [0.25, 0.3) is 10.8 Å². The largest absolute Gasteiger partial charge is 0.380 e. The van der Waals surface area contributed by atoms with Gasteiger partial charge >= 0.3 is 0 Å². The van der Waals surface area contributed by atoms with Gasteiger partial charge < -0.3 is 5.11 Å². The van der Waals surface area contributed by atoms with Gasteiger partial charge in [0.05, 0.1) is 0 Å². The van der Waals surface area contributed by atoms with Gasteiger partial charge in [0.2, 0.25) is 0 Å². The molecule has 0 amide bonds. The molecule has 1 unspecified atom stereocenters. The van der Waals surface area contributed by atoms with Crippen LogP contribution in [0.3, 0.4) is 0 Å². The Hall–Kier alpha value is -2.33. The van der Waals surface area contributed by atoms with Crippen molar-refractivity contribution in [3.63, 3.8) is 0 Å². The summed E-state index contributed by atoms with van der Waals surface area (Å²) in [6.07, 6.45) is 5.81. The van der Waals surface area contributed by atoms with Gasteiger partial charge in [0.25, 0.3) is 0 Å². The highest BCUT2D eigenvalue weighted by atomic mass is 16.3. The maximum absolute atomic E-state index is 10.3. The van der Waals surface area contributed by atoms with Crippen molar-refractivity contribution in [3.05, 3.63) is 66.5 Å². The van der Waals surface area contributed by atoms with Crippen molar-refractivity contribution in [2.45, 2.75) is 6.10 Å². The van der Waals surface area contributed by atoms with E-state index in [-0.39, 0.29) is 0 Å². The maximum Gasteiger partial charge on any atom is 0.161 e. The topological polar surface area (TPSA) is 58.9 Å². The van der Waals surface area contributed by atoms with Crippen molar-refractivity contribution in [2.75, 3.05) is 0 Å². The number of aromatic nitrogens is 3. The van der Waals surface area contributed by atoms with E-state index in [0.29, 0.717) is 5.82 Å². The molecule has 4 nitrogen and oxygen atoms in total. The van der Waals surface area contributed by atoms with Crippen LogP contribution in [0.1, 0.15) is 17.5 Å². The number of benzene rings is 1. The molecule has 3 aromatic rings. The van der Waals surface area contributed by atoms with Gasteiger partial charge in [-0.25, -0.2) is 9.97 Å². The monoisotopic (exact) mass is 237 g/mol. The van der Waals surface area contributed by atoms with Crippen LogP contribution in [0.4, 0.5) is 0 Å². The number of nitrogens with zero attached hydrogens (tertiary/aromatic N) is 3. The second-order valence-corrected chi connectivity index (χ2v) is 3.96. The number of aliphatic hydroxyl groups excluding tert-OH is 1. The molecule has 0 aliphatic heterocycles. The predicted molar refractivity (Wildman–Crippen MR) is 67.8 cm³/mol. The predicted octanol–water partition coefficient (Wildman–Crippen LogP) is 2.11. The molecule has 0 aliphatic rings. The standard InChI is InChI=1S/C14H11N3O/c18-13(14-16-6-3-7-17-14)12-9-15-8-10-4-1-2-5-11(10)12/h1-9,13,18H. The van der Waals surface area contributed by atoms with Crippen LogP contribution in [-0.4, -0.2) is 20.1 Å². The van der Waals surface area contributed by atoms with Gasteiger partial charge in [-0.15, -0.1) is 0 Å². The highest BCUT2D eigenvalue weighted by Crippen LogP contribution is 2.25. The molecule has 1 N–H and O–H groups in total. The van der Waals surface area contributed by atoms with E-state index in [1.807, 2.05) is 24.3 Å². The van der Waals surface area contributed by atoms with Gasteiger partial charge in [0.1, 0.15) is 6.10 Å². The smallest absolute Gasteiger partial charge is 0.161 e. The molecule has 0 fully saturated rings. The molecule has 1 atom stereocenters. The van der Waals surface area contributed by atoms with Crippen molar-refractivity contribution < 1.29 is 5.11 Å². The minimum absolute atomic E-state index is 0.385. The Kier molecular flexibility index (Phi) is 2.70. The van der Waals surface area contributed by atoms with Crippen LogP contribution in [0.2, 0.25) is 0 Å². The summed E-state index contributed by atoms with van der Waals surface area (Å²) in [6.45, 7) is 0.